The number of hydrogen-bond donors (Lipinski definition) is 0. The molecule has 0 saturated heterocycles. The summed E-state index contributed by atoms with van der Waals surface area (Å²) in [5.41, 5.74) is 1.33. The molecule has 1 heterocycles. The van der Waals surface area contributed by atoms with E-state index in [1.165, 1.54) is 19.3 Å². The number of carbonyl (C=O) groups excluding carboxylic acids is 2. The minimum Gasteiger partial charge on any atom is -0.305 e. The molecule has 1 aromatic rings. The van der Waals surface area contributed by atoms with Gasteiger partial charge in [-0.1, -0.05) is 44.7 Å². The third-order valence-electron chi connectivity index (χ3n) is 3.36. The molecule has 3 nitrogen and oxygen atoms in total. The second kappa shape index (κ2) is 5.80. The van der Waals surface area contributed by atoms with Gasteiger partial charge >= 0.3 is 0 Å². The van der Waals surface area contributed by atoms with Crippen molar-refractivity contribution in [1.82, 2.24) is 0 Å². The molecule has 0 unspecified atom stereocenters. The molecular formula is C15H19NO2. The van der Waals surface area contributed by atoms with Gasteiger partial charge in [0.1, 0.15) is 0 Å². The Morgan fingerprint density at radius 3 is 2.50 bits per heavy atom. The van der Waals surface area contributed by atoms with E-state index in [4.69, 9.17) is 0 Å². The van der Waals surface area contributed by atoms with Gasteiger partial charge in [0.25, 0.3) is 11.7 Å². The molecule has 0 fully saturated rings. The Morgan fingerprint density at radius 2 is 1.72 bits per heavy atom. The Morgan fingerprint density at radius 1 is 1.00 bits per heavy atom. The molecule has 0 radical (unpaired) electrons. The minimum absolute atomic E-state index is 0.362. The molecule has 0 N–H and O–H groups in total. The number of hydrogen-bond acceptors (Lipinski definition) is 2. The van der Waals surface area contributed by atoms with Gasteiger partial charge in [0, 0.05) is 6.54 Å². The number of Topliss-reactive ketones (excluding diaryl/α,β-unsaturated/α-hetero) is 1. The summed E-state index contributed by atoms with van der Waals surface area (Å²) in [4.78, 5) is 25.2. The Bertz CT molecular complexity index is 454. The van der Waals surface area contributed by atoms with E-state index < -0.39 is 0 Å². The molecule has 3 heteroatoms. The van der Waals surface area contributed by atoms with Crippen LogP contribution in [0.25, 0.3) is 0 Å². The van der Waals surface area contributed by atoms with Crippen molar-refractivity contribution in [3.8, 4) is 0 Å². The number of fused-ring (bicyclic) bond motifs is 1. The maximum Gasteiger partial charge on any atom is 0.299 e. The van der Waals surface area contributed by atoms with Crippen molar-refractivity contribution in [2.45, 2.75) is 39.0 Å². The topological polar surface area (TPSA) is 37.4 Å². The van der Waals surface area contributed by atoms with Crippen molar-refractivity contribution in [3.05, 3.63) is 29.8 Å². The lowest BCUT2D eigenvalue weighted by Gasteiger charge is -2.16. The van der Waals surface area contributed by atoms with Crippen molar-refractivity contribution in [1.29, 1.82) is 0 Å². The fourth-order valence-corrected chi connectivity index (χ4v) is 2.34. The monoisotopic (exact) mass is 245 g/mol. The maximum atomic E-state index is 11.9. The fraction of sp³-hybridized carbons (Fsp3) is 0.467. The first kappa shape index (κ1) is 12.8. The standard InChI is InChI=1S/C15H19NO2/c1-2-3-4-5-8-11-16-13-10-7-6-9-12(13)14(17)15(16)18/h6-7,9-10H,2-5,8,11H2,1H3. The lowest BCUT2D eigenvalue weighted by molar-refractivity contribution is -0.114. The summed E-state index contributed by atoms with van der Waals surface area (Å²) in [6.45, 7) is 2.84. The van der Waals surface area contributed by atoms with E-state index in [9.17, 15) is 9.59 Å². The average molecular weight is 245 g/mol. The largest absolute Gasteiger partial charge is 0.305 e. The Kier molecular flexibility index (Phi) is 4.13. The third kappa shape index (κ3) is 2.45. The quantitative estimate of drug-likeness (QED) is 0.570. The summed E-state index contributed by atoms with van der Waals surface area (Å²) in [5, 5.41) is 0. The smallest absolute Gasteiger partial charge is 0.299 e. The minimum atomic E-state index is -0.369. The van der Waals surface area contributed by atoms with Gasteiger partial charge in [-0.2, -0.15) is 0 Å². The molecule has 0 saturated carbocycles. The maximum absolute atomic E-state index is 11.9. The van der Waals surface area contributed by atoms with E-state index in [0.717, 1.165) is 18.5 Å². The van der Waals surface area contributed by atoms with E-state index in [0.29, 0.717) is 12.1 Å². The average Bonchev–Trinajstić information content (AvgIpc) is 2.64. The van der Waals surface area contributed by atoms with Crippen molar-refractivity contribution in [3.63, 3.8) is 0 Å². The molecule has 1 amide bonds. The second-order valence-corrected chi connectivity index (χ2v) is 4.72. The van der Waals surface area contributed by atoms with E-state index >= 15 is 0 Å². The number of ketones is 1. The van der Waals surface area contributed by atoms with Crippen LogP contribution in [-0.2, 0) is 4.79 Å². The molecule has 2 rings (SSSR count). The van der Waals surface area contributed by atoms with Crippen LogP contribution in [0, 0.1) is 0 Å². The van der Waals surface area contributed by atoms with E-state index in [-0.39, 0.29) is 11.7 Å². The van der Waals surface area contributed by atoms with Crippen LogP contribution in [0.1, 0.15) is 49.4 Å². The second-order valence-electron chi connectivity index (χ2n) is 4.72. The van der Waals surface area contributed by atoms with Gasteiger partial charge in [-0.05, 0) is 18.6 Å². The zero-order valence-electron chi connectivity index (χ0n) is 10.8. The van der Waals surface area contributed by atoms with Gasteiger partial charge in [0.05, 0.1) is 11.3 Å². The first-order valence-electron chi connectivity index (χ1n) is 6.71. The third-order valence-corrected chi connectivity index (χ3v) is 3.36. The highest BCUT2D eigenvalue weighted by atomic mass is 16.2. The van der Waals surface area contributed by atoms with E-state index in [1.54, 1.807) is 17.0 Å². The summed E-state index contributed by atoms with van der Waals surface area (Å²) in [6, 6.07) is 7.25. The predicted octanol–water partition coefficient (Wildman–Crippen LogP) is 3.19. The summed E-state index contributed by atoms with van der Waals surface area (Å²) in [6.07, 6.45) is 5.74. The number of unbranched alkanes of at least 4 members (excludes halogenated alkanes) is 4. The van der Waals surface area contributed by atoms with Gasteiger partial charge in [-0.3, -0.25) is 9.59 Å². The summed E-state index contributed by atoms with van der Waals surface area (Å²) >= 11 is 0. The van der Waals surface area contributed by atoms with Crippen LogP contribution >= 0.6 is 0 Å². The van der Waals surface area contributed by atoms with Crippen LogP contribution in [-0.4, -0.2) is 18.2 Å². The fourth-order valence-electron chi connectivity index (χ4n) is 2.34. The van der Waals surface area contributed by atoms with Crippen LogP contribution in [0.5, 0.6) is 0 Å². The molecule has 0 spiro atoms. The Hall–Kier alpha value is -1.64. The first-order chi connectivity index (χ1) is 8.75. The molecule has 1 aromatic carbocycles. The van der Waals surface area contributed by atoms with Crippen LogP contribution in [0.15, 0.2) is 24.3 Å². The summed E-state index contributed by atoms with van der Waals surface area (Å²) in [7, 11) is 0. The zero-order valence-corrected chi connectivity index (χ0v) is 10.8. The number of benzene rings is 1. The van der Waals surface area contributed by atoms with Gasteiger partial charge in [-0.15, -0.1) is 0 Å². The van der Waals surface area contributed by atoms with E-state index in [2.05, 4.69) is 6.92 Å². The van der Waals surface area contributed by atoms with Crippen LogP contribution in [0.4, 0.5) is 5.69 Å². The molecule has 1 aliphatic heterocycles. The first-order valence-corrected chi connectivity index (χ1v) is 6.71. The molecule has 0 aliphatic carbocycles. The molecular weight excluding hydrogens is 226 g/mol. The highest BCUT2D eigenvalue weighted by Crippen LogP contribution is 2.28. The number of rotatable bonds is 6. The number of amides is 1. The van der Waals surface area contributed by atoms with Crippen molar-refractivity contribution >= 4 is 17.4 Å². The van der Waals surface area contributed by atoms with Crippen molar-refractivity contribution in [2.75, 3.05) is 11.4 Å². The summed E-state index contributed by atoms with van der Waals surface area (Å²) in [5.74, 6) is -0.731. The lowest BCUT2D eigenvalue weighted by atomic mass is 10.1. The molecule has 0 atom stereocenters. The predicted molar refractivity (Wildman–Crippen MR) is 71.9 cm³/mol. The van der Waals surface area contributed by atoms with Crippen molar-refractivity contribution in [2.24, 2.45) is 0 Å². The van der Waals surface area contributed by atoms with Gasteiger partial charge in [0.2, 0.25) is 0 Å². The lowest BCUT2D eigenvalue weighted by Crippen LogP contribution is -2.30. The van der Waals surface area contributed by atoms with Crippen LogP contribution in [0.2, 0.25) is 0 Å². The molecule has 96 valence electrons. The van der Waals surface area contributed by atoms with Gasteiger partial charge < -0.3 is 4.90 Å². The molecule has 1 aliphatic rings. The van der Waals surface area contributed by atoms with Crippen LogP contribution < -0.4 is 4.90 Å². The SMILES string of the molecule is CCCCCCCN1C(=O)C(=O)c2ccccc21. The van der Waals surface area contributed by atoms with Gasteiger partial charge in [0.15, 0.2) is 0 Å². The molecule has 18 heavy (non-hydrogen) atoms. The normalized spacial score (nSPS) is 14.2. The Balaban J connectivity index is 1.97. The van der Waals surface area contributed by atoms with Crippen molar-refractivity contribution < 1.29 is 9.59 Å². The number of nitrogens with zero attached hydrogens (tertiary/aromatic N) is 1. The molecule has 0 bridgehead atoms. The Labute approximate surface area is 108 Å². The van der Waals surface area contributed by atoms with Crippen LogP contribution in [0.3, 0.4) is 0 Å². The highest BCUT2D eigenvalue weighted by molar-refractivity contribution is 6.52. The highest BCUT2D eigenvalue weighted by Gasteiger charge is 2.34. The van der Waals surface area contributed by atoms with Gasteiger partial charge in [-0.25, -0.2) is 0 Å². The zero-order chi connectivity index (χ0) is 13.0. The molecule has 0 aromatic heterocycles. The summed E-state index contributed by atoms with van der Waals surface area (Å²) < 4.78 is 0. The number of para-hydroxylation sites is 1. The number of carbonyl (C=O) groups is 2. The number of anilines is 1. The van der Waals surface area contributed by atoms with E-state index in [1.807, 2.05) is 12.1 Å².